The van der Waals surface area contributed by atoms with Crippen molar-refractivity contribution in [2.75, 3.05) is 7.11 Å². The van der Waals surface area contributed by atoms with Crippen molar-refractivity contribution in [3.05, 3.63) is 0 Å². The molecule has 0 aromatic carbocycles. The van der Waals surface area contributed by atoms with E-state index in [1.165, 1.54) is 7.11 Å². The lowest BCUT2D eigenvalue weighted by atomic mass is 9.92. The molecule has 1 saturated heterocycles. The molecule has 2 N–H and O–H groups in total. The van der Waals surface area contributed by atoms with Crippen LogP contribution in [-0.2, 0) is 4.74 Å². The summed E-state index contributed by atoms with van der Waals surface area (Å²) in [6.07, 6.45) is -0.599. The van der Waals surface area contributed by atoms with Crippen LogP contribution in [0.4, 0.5) is 0 Å². The summed E-state index contributed by atoms with van der Waals surface area (Å²) in [7, 11) is 1.29. The van der Waals surface area contributed by atoms with E-state index in [9.17, 15) is 5.11 Å². The minimum Gasteiger partial charge on any atom is -0.400 e. The number of ether oxygens (including phenoxy) is 1. The smallest absolute Gasteiger partial charge is 0.210 e. The third kappa shape index (κ3) is 2.93. The van der Waals surface area contributed by atoms with E-state index in [0.29, 0.717) is 5.92 Å². The fraction of sp³-hybridized carbons (Fsp3) is 1.00. The van der Waals surface area contributed by atoms with Crippen molar-refractivity contribution in [2.24, 2.45) is 11.8 Å². The van der Waals surface area contributed by atoms with Crippen LogP contribution in [0.1, 0.15) is 29.0 Å². The third-order valence-corrected chi connectivity index (χ3v) is 2.43. The van der Waals surface area contributed by atoms with Crippen molar-refractivity contribution in [1.82, 2.24) is 0 Å². The molecule has 3 nitrogen and oxygen atoms in total. The average molecular weight is 193 g/mol. The van der Waals surface area contributed by atoms with Gasteiger partial charge in [-0.3, -0.25) is 0 Å². The van der Waals surface area contributed by atoms with Gasteiger partial charge in [0.1, 0.15) is 0 Å². The van der Waals surface area contributed by atoms with Gasteiger partial charge >= 0.3 is 0 Å². The molecule has 1 heterocycles. The molecule has 0 aromatic heterocycles. The van der Waals surface area contributed by atoms with E-state index >= 15 is 0 Å². The predicted molar refractivity (Wildman–Crippen MR) is 52.5 cm³/mol. The maximum atomic E-state index is 9.63. The van der Waals surface area contributed by atoms with Crippen LogP contribution in [0.3, 0.4) is 0 Å². The monoisotopic (exact) mass is 193 g/mol. The van der Waals surface area contributed by atoms with Crippen LogP contribution in [0.2, 0.25) is 0 Å². The SMILES string of the molecule is [2H]C[C@H]1O[C@@H](C(C)C)[C@@H](C)C1O.[3H]OC. The van der Waals surface area contributed by atoms with Crippen LogP contribution < -0.4 is 0 Å². The van der Waals surface area contributed by atoms with Crippen LogP contribution in [0, 0.1) is 11.8 Å². The van der Waals surface area contributed by atoms with Gasteiger partial charge in [0.05, 0.1) is 18.3 Å². The Hall–Kier alpha value is -0.120. The molecule has 0 spiro atoms. The van der Waals surface area contributed by atoms with Crippen molar-refractivity contribution in [3.8, 4) is 0 Å². The zero-order chi connectivity index (χ0) is 12.0. The Morgan fingerprint density at radius 3 is 2.38 bits per heavy atom. The fourth-order valence-electron chi connectivity index (χ4n) is 1.70. The maximum absolute atomic E-state index is 9.63. The molecule has 1 aliphatic rings. The zero-order valence-corrected chi connectivity index (χ0v) is 8.86. The molecule has 0 amide bonds. The summed E-state index contributed by atoms with van der Waals surface area (Å²) in [6.45, 7) is 6.32. The lowest BCUT2D eigenvalue weighted by molar-refractivity contribution is 0.00364. The van der Waals surface area contributed by atoms with Crippen molar-refractivity contribution in [2.45, 2.75) is 46.0 Å². The van der Waals surface area contributed by atoms with Crippen LogP contribution in [-0.4, -0.2) is 37.1 Å². The van der Waals surface area contributed by atoms with Crippen LogP contribution in [0.15, 0.2) is 0 Å². The standard InChI is InChI=1S/C9H18O2.CH4O/c1-5(2)9-6(3)8(10)7(4)11-9;1-2/h5-10H,1-4H3;2H,1H3/t6-,7+,8?,9-;/m0./s1/i4D;2T. The van der Waals surface area contributed by atoms with E-state index in [0.717, 1.165) is 0 Å². The van der Waals surface area contributed by atoms with E-state index in [2.05, 4.69) is 19.0 Å². The van der Waals surface area contributed by atoms with Crippen molar-refractivity contribution in [3.63, 3.8) is 0 Å². The highest BCUT2D eigenvalue weighted by Gasteiger charge is 2.39. The van der Waals surface area contributed by atoms with Gasteiger partial charge in [0.15, 0.2) is 0 Å². The maximum Gasteiger partial charge on any atom is 0.210 e. The molecule has 1 rings (SSSR count). The van der Waals surface area contributed by atoms with E-state index in [1.807, 2.05) is 6.92 Å². The number of aliphatic hydroxyl groups excluding tert-OH is 2. The Morgan fingerprint density at radius 2 is 2.15 bits per heavy atom. The number of aliphatic hydroxyl groups is 2. The first kappa shape index (κ1) is 9.44. The Bertz CT molecular complexity index is 167. The van der Waals surface area contributed by atoms with Crippen molar-refractivity contribution >= 4 is 0 Å². The molecule has 0 saturated carbocycles. The summed E-state index contributed by atoms with van der Waals surface area (Å²) in [5.41, 5.74) is 0. The topological polar surface area (TPSA) is 49.7 Å². The molecule has 1 aliphatic heterocycles. The summed E-state index contributed by atoms with van der Waals surface area (Å²) in [5.74, 6) is 0.589. The molecule has 0 bridgehead atoms. The van der Waals surface area contributed by atoms with Gasteiger partial charge in [-0.15, -0.1) is 0 Å². The third-order valence-electron chi connectivity index (χ3n) is 2.43. The van der Waals surface area contributed by atoms with Gasteiger partial charge in [-0.1, -0.05) is 20.8 Å². The van der Waals surface area contributed by atoms with E-state index < -0.39 is 6.10 Å². The highest BCUT2D eigenvalue weighted by Crippen LogP contribution is 2.30. The molecule has 13 heavy (non-hydrogen) atoms. The van der Waals surface area contributed by atoms with E-state index in [-0.39, 0.29) is 25.0 Å². The second-order valence-electron chi connectivity index (χ2n) is 3.73. The highest BCUT2D eigenvalue weighted by atomic mass is 16.5. The quantitative estimate of drug-likeness (QED) is 0.654. The summed E-state index contributed by atoms with van der Waals surface area (Å²) in [4.78, 5) is 0. The Labute approximate surface area is 83.6 Å². The van der Waals surface area contributed by atoms with Gasteiger partial charge in [0, 0.05) is 14.4 Å². The highest BCUT2D eigenvalue weighted by molar-refractivity contribution is 4.86. The van der Waals surface area contributed by atoms with E-state index in [1.54, 1.807) is 0 Å². The zero-order valence-electron chi connectivity index (χ0n) is 10.9. The van der Waals surface area contributed by atoms with Crippen LogP contribution >= 0.6 is 0 Å². The Kier molecular flexibility index (Phi) is 4.05. The lowest BCUT2D eigenvalue weighted by Crippen LogP contribution is -2.25. The second-order valence-corrected chi connectivity index (χ2v) is 3.73. The molecular formula is C10H22O3. The van der Waals surface area contributed by atoms with Crippen molar-refractivity contribution < 1.29 is 16.3 Å². The molecule has 4 atom stereocenters. The number of hydrogen-bond donors (Lipinski definition) is 2. The Balaban J connectivity index is 0.000000583. The molecule has 1 unspecified atom stereocenters. The Morgan fingerprint density at radius 1 is 1.62 bits per heavy atom. The van der Waals surface area contributed by atoms with Crippen LogP contribution in [0.5, 0.6) is 0 Å². The van der Waals surface area contributed by atoms with Gasteiger partial charge in [-0.05, 0) is 12.8 Å². The summed E-state index contributed by atoms with van der Waals surface area (Å²) >= 11 is 0. The molecular weight excluding hydrogens is 168 g/mol. The predicted octanol–water partition coefficient (Wildman–Crippen LogP) is 1.04. The molecule has 1 fully saturated rings. The fourth-order valence-corrected chi connectivity index (χ4v) is 1.70. The first-order chi connectivity index (χ1) is 6.99. The molecule has 3 heteroatoms. The molecule has 80 valence electrons. The van der Waals surface area contributed by atoms with E-state index in [4.69, 9.17) is 7.54 Å². The normalized spacial score (nSPS) is 40.8. The van der Waals surface area contributed by atoms with Crippen LogP contribution in [0.25, 0.3) is 0 Å². The second kappa shape index (κ2) is 5.58. The lowest BCUT2D eigenvalue weighted by Gasteiger charge is -2.18. The summed E-state index contributed by atoms with van der Waals surface area (Å²) < 4.78 is 18.4. The minimum absolute atomic E-state index is 0.121. The van der Waals surface area contributed by atoms with Gasteiger partial charge in [-0.25, -0.2) is 0 Å². The number of hydrogen-bond acceptors (Lipinski definition) is 3. The first-order valence-corrected chi connectivity index (χ1v) is 4.61. The van der Waals surface area contributed by atoms with Gasteiger partial charge in [0.2, 0.25) is 1.43 Å². The van der Waals surface area contributed by atoms with Gasteiger partial charge < -0.3 is 15.0 Å². The minimum atomic E-state index is -0.449. The number of rotatable bonds is 1. The summed E-state index contributed by atoms with van der Waals surface area (Å²) in [6, 6.07) is 0. The van der Waals surface area contributed by atoms with Crippen molar-refractivity contribution in [1.29, 1.82) is 1.43 Å². The molecule has 0 radical (unpaired) electrons. The van der Waals surface area contributed by atoms with Gasteiger partial charge in [-0.2, -0.15) is 0 Å². The summed E-state index contributed by atoms with van der Waals surface area (Å²) in [5, 5.41) is 13.1. The largest absolute Gasteiger partial charge is 0.400 e. The molecule has 0 aromatic rings. The first-order valence-electron chi connectivity index (χ1n) is 5.73. The van der Waals surface area contributed by atoms with Gasteiger partial charge in [0.25, 0.3) is 0 Å². The molecule has 0 aliphatic carbocycles. The average Bonchev–Trinajstić information content (AvgIpc) is 2.45.